The van der Waals surface area contributed by atoms with Crippen LogP contribution in [-0.4, -0.2) is 22.6 Å². The van der Waals surface area contributed by atoms with E-state index in [1.165, 1.54) is 4.90 Å². The number of ether oxygens (including phenoxy) is 1. The molecule has 0 saturated carbocycles. The molecule has 34 heavy (non-hydrogen) atoms. The lowest BCUT2D eigenvalue weighted by atomic mass is 9.97. The van der Waals surface area contributed by atoms with E-state index in [0.29, 0.717) is 5.69 Å². The summed E-state index contributed by atoms with van der Waals surface area (Å²) in [7, 11) is 0. The molecule has 2 heterocycles. The lowest BCUT2D eigenvalue weighted by molar-refractivity contribution is -0.115. The number of fused-ring (bicyclic) bond motifs is 1. The van der Waals surface area contributed by atoms with Gasteiger partial charge in [0.05, 0.1) is 23.8 Å². The monoisotopic (exact) mass is 465 g/mol. The number of hydrogen-bond donors (Lipinski definition) is 1. The first-order valence-corrected chi connectivity index (χ1v) is 10.9. The van der Waals surface area contributed by atoms with E-state index < -0.39 is 29.4 Å². The predicted octanol–water partition coefficient (Wildman–Crippen LogP) is 6.02. The first-order chi connectivity index (χ1) is 16.0. The quantitative estimate of drug-likeness (QED) is 0.511. The minimum Gasteiger partial charge on any atom is -0.443 e. The first kappa shape index (κ1) is 23.4. The van der Waals surface area contributed by atoms with E-state index in [1.807, 2.05) is 24.3 Å². The van der Waals surface area contributed by atoms with Crippen LogP contribution in [-0.2, 0) is 16.0 Å². The molecule has 0 saturated heterocycles. The summed E-state index contributed by atoms with van der Waals surface area (Å²) in [6, 6.07) is 11.4. The van der Waals surface area contributed by atoms with Gasteiger partial charge in [0, 0.05) is 23.5 Å². The first-order valence-electron chi connectivity index (χ1n) is 10.9. The maximum atomic E-state index is 14.1. The number of benzene rings is 2. The van der Waals surface area contributed by atoms with Crippen LogP contribution in [0.1, 0.15) is 45.0 Å². The molecular weight excluding hydrogens is 440 g/mol. The highest BCUT2D eigenvalue weighted by molar-refractivity contribution is 5.99. The van der Waals surface area contributed by atoms with Crippen LogP contribution < -0.4 is 10.2 Å². The van der Waals surface area contributed by atoms with Gasteiger partial charge in [-0.05, 0) is 69.2 Å². The molecule has 176 valence electrons. The molecule has 8 heteroatoms. The number of halogens is 2. The summed E-state index contributed by atoms with van der Waals surface area (Å²) in [6.07, 6.45) is 1.11. The maximum absolute atomic E-state index is 14.1. The highest BCUT2D eigenvalue weighted by Crippen LogP contribution is 2.36. The van der Waals surface area contributed by atoms with Crippen molar-refractivity contribution in [3.8, 4) is 11.1 Å². The number of nitrogens with zero attached hydrogens (tertiary/aromatic N) is 2. The van der Waals surface area contributed by atoms with Gasteiger partial charge < -0.3 is 10.1 Å². The molecule has 0 bridgehead atoms. The summed E-state index contributed by atoms with van der Waals surface area (Å²) in [4.78, 5) is 30.7. The van der Waals surface area contributed by atoms with E-state index in [9.17, 15) is 18.4 Å². The van der Waals surface area contributed by atoms with Gasteiger partial charge in [-0.1, -0.05) is 12.1 Å². The van der Waals surface area contributed by atoms with E-state index in [2.05, 4.69) is 10.3 Å². The zero-order chi connectivity index (χ0) is 24.6. The van der Waals surface area contributed by atoms with Crippen molar-refractivity contribution in [2.75, 3.05) is 10.2 Å². The van der Waals surface area contributed by atoms with E-state index in [0.717, 1.165) is 40.6 Å². The number of anilines is 2. The van der Waals surface area contributed by atoms with Crippen LogP contribution in [0, 0.1) is 11.6 Å². The SMILES string of the molecule is CC(c1ncccc1-c1ccc2c(c1)CC(=O)N2)N(C(=O)OC(C)(C)C)c1cc(F)cc(F)c1. The van der Waals surface area contributed by atoms with Crippen molar-refractivity contribution in [1.29, 1.82) is 0 Å². The zero-order valence-electron chi connectivity index (χ0n) is 19.4. The minimum absolute atomic E-state index is 0.0135. The topological polar surface area (TPSA) is 71.5 Å². The number of nitrogens with one attached hydrogen (secondary N) is 1. The fraction of sp³-hybridized carbons (Fsp3) is 0.269. The highest BCUT2D eigenvalue weighted by Gasteiger charge is 2.31. The molecule has 0 spiro atoms. The van der Waals surface area contributed by atoms with Crippen LogP contribution in [0.4, 0.5) is 25.0 Å². The van der Waals surface area contributed by atoms with E-state index in [1.54, 1.807) is 40.0 Å². The second-order valence-corrected chi connectivity index (χ2v) is 9.19. The molecule has 0 fully saturated rings. The van der Waals surface area contributed by atoms with Crippen molar-refractivity contribution in [2.45, 2.75) is 45.8 Å². The maximum Gasteiger partial charge on any atom is 0.415 e. The summed E-state index contributed by atoms with van der Waals surface area (Å²) < 4.78 is 33.7. The van der Waals surface area contributed by atoms with Gasteiger partial charge in [-0.3, -0.25) is 14.7 Å². The van der Waals surface area contributed by atoms with E-state index in [-0.39, 0.29) is 18.0 Å². The average Bonchev–Trinajstić information content (AvgIpc) is 3.11. The fourth-order valence-electron chi connectivity index (χ4n) is 3.99. The molecule has 6 nitrogen and oxygen atoms in total. The van der Waals surface area contributed by atoms with Crippen molar-refractivity contribution < 1.29 is 23.1 Å². The Kier molecular flexibility index (Phi) is 6.08. The summed E-state index contributed by atoms with van der Waals surface area (Å²) >= 11 is 0. The largest absolute Gasteiger partial charge is 0.443 e. The molecular formula is C26H25F2N3O3. The molecule has 1 aromatic heterocycles. The van der Waals surface area contributed by atoms with E-state index >= 15 is 0 Å². The molecule has 0 radical (unpaired) electrons. The molecule has 1 aliphatic rings. The summed E-state index contributed by atoms with van der Waals surface area (Å²) in [5, 5.41) is 2.81. The van der Waals surface area contributed by atoms with Gasteiger partial charge in [0.1, 0.15) is 17.2 Å². The van der Waals surface area contributed by atoms with Crippen molar-refractivity contribution in [3.63, 3.8) is 0 Å². The molecule has 2 amide bonds. The van der Waals surface area contributed by atoms with Gasteiger partial charge in [0.2, 0.25) is 5.91 Å². The third kappa shape index (κ3) is 4.90. The second kappa shape index (κ2) is 8.85. The van der Waals surface area contributed by atoms with Gasteiger partial charge in [-0.15, -0.1) is 0 Å². The Hall–Kier alpha value is -3.81. The molecule has 1 atom stereocenters. The molecule has 1 N–H and O–H groups in total. The van der Waals surface area contributed by atoms with Crippen molar-refractivity contribution in [1.82, 2.24) is 4.98 Å². The van der Waals surface area contributed by atoms with Gasteiger partial charge in [0.15, 0.2) is 0 Å². The Morgan fingerprint density at radius 1 is 1.12 bits per heavy atom. The van der Waals surface area contributed by atoms with Gasteiger partial charge in [-0.25, -0.2) is 13.6 Å². The number of carbonyl (C=O) groups is 2. The fourth-order valence-corrected chi connectivity index (χ4v) is 3.99. The predicted molar refractivity (Wildman–Crippen MR) is 125 cm³/mol. The molecule has 2 aromatic carbocycles. The Labute approximate surface area is 196 Å². The van der Waals surface area contributed by atoms with Crippen molar-refractivity contribution >= 4 is 23.4 Å². The lowest BCUT2D eigenvalue weighted by Gasteiger charge is -2.32. The number of pyridine rings is 1. The normalized spacial score (nSPS) is 13.8. The van der Waals surface area contributed by atoms with Gasteiger partial charge in [-0.2, -0.15) is 0 Å². The van der Waals surface area contributed by atoms with Crippen LogP contribution in [0.15, 0.2) is 54.7 Å². The Morgan fingerprint density at radius 2 is 1.82 bits per heavy atom. The van der Waals surface area contributed by atoms with Crippen molar-refractivity contribution in [3.05, 3.63) is 77.6 Å². The number of aromatic nitrogens is 1. The third-order valence-corrected chi connectivity index (χ3v) is 5.38. The number of rotatable bonds is 4. The number of carbonyl (C=O) groups excluding carboxylic acids is 2. The molecule has 1 aliphatic heterocycles. The summed E-state index contributed by atoms with van der Waals surface area (Å²) in [6.45, 7) is 6.86. The van der Waals surface area contributed by atoms with Crippen molar-refractivity contribution in [2.24, 2.45) is 0 Å². The molecule has 1 unspecified atom stereocenters. The van der Waals surface area contributed by atoms with Crippen LogP contribution in [0.5, 0.6) is 0 Å². The van der Waals surface area contributed by atoms with Crippen LogP contribution in [0.3, 0.4) is 0 Å². The number of hydrogen-bond acceptors (Lipinski definition) is 4. The second-order valence-electron chi connectivity index (χ2n) is 9.19. The standard InChI is InChI=1S/C26H25F2N3O3/c1-15(31(25(33)34-26(2,3)4)20-13-18(27)12-19(28)14-20)24-21(6-5-9-29-24)16-7-8-22-17(10-16)11-23(32)30-22/h5-10,12-15H,11H2,1-4H3,(H,30,32). The van der Waals surface area contributed by atoms with Gasteiger partial charge >= 0.3 is 6.09 Å². The van der Waals surface area contributed by atoms with Gasteiger partial charge in [0.25, 0.3) is 0 Å². The molecule has 3 aromatic rings. The minimum atomic E-state index is -0.826. The smallest absolute Gasteiger partial charge is 0.415 e. The zero-order valence-corrected chi connectivity index (χ0v) is 19.4. The van der Waals surface area contributed by atoms with E-state index in [4.69, 9.17) is 4.74 Å². The Bertz CT molecular complexity index is 1250. The average molecular weight is 466 g/mol. The summed E-state index contributed by atoms with van der Waals surface area (Å²) in [5.74, 6) is -1.70. The molecule has 0 aliphatic carbocycles. The lowest BCUT2D eigenvalue weighted by Crippen LogP contribution is -2.39. The third-order valence-electron chi connectivity index (χ3n) is 5.38. The molecule has 4 rings (SSSR count). The number of amides is 2. The van der Waals surface area contributed by atoms with Crippen LogP contribution >= 0.6 is 0 Å². The highest BCUT2D eigenvalue weighted by atomic mass is 19.1. The Balaban J connectivity index is 1.80. The summed E-state index contributed by atoms with van der Waals surface area (Å²) in [5.41, 5.74) is 2.85. The van der Waals surface area contributed by atoms with Crippen LogP contribution in [0.25, 0.3) is 11.1 Å². The van der Waals surface area contributed by atoms with Crippen LogP contribution in [0.2, 0.25) is 0 Å². The Morgan fingerprint density at radius 3 is 2.50 bits per heavy atom.